The van der Waals surface area contributed by atoms with Gasteiger partial charge in [-0.3, -0.25) is 0 Å². The van der Waals surface area contributed by atoms with Crippen molar-refractivity contribution >= 4 is 23.0 Å². The van der Waals surface area contributed by atoms with Crippen LogP contribution in [0.15, 0.2) is 47.9 Å². The molecule has 1 saturated carbocycles. The maximum absolute atomic E-state index is 10.7. The Morgan fingerprint density at radius 1 is 1.11 bits per heavy atom. The first-order valence-corrected chi connectivity index (χ1v) is 9.98. The molecular weight excluding hydrogens is 358 g/mol. The van der Waals surface area contributed by atoms with Gasteiger partial charge < -0.3 is 5.32 Å². The smallest absolute Gasteiger partial charge is 0.132 e. The highest BCUT2D eigenvalue weighted by molar-refractivity contribution is 7.15. The maximum atomic E-state index is 10.7. The quantitative estimate of drug-likeness (QED) is 0.597. The van der Waals surface area contributed by atoms with Crippen molar-refractivity contribution in [3.8, 4) is 10.6 Å². The van der Waals surface area contributed by atoms with Crippen LogP contribution in [-0.4, -0.2) is 21.0 Å². The molecule has 0 unspecified atom stereocenters. The number of nitrogens with zero attached hydrogens (tertiary/aromatic N) is 4. The SMILES string of the molecule is Cc1ccnc(Nc2cccc(-c3cnc(C4CCC(N=O)CC4)s3)n2)c1. The number of thiazole rings is 1. The highest BCUT2D eigenvalue weighted by Crippen LogP contribution is 2.38. The van der Waals surface area contributed by atoms with Gasteiger partial charge in [-0.25, -0.2) is 15.0 Å². The molecule has 0 atom stereocenters. The Balaban J connectivity index is 1.49. The van der Waals surface area contributed by atoms with E-state index < -0.39 is 0 Å². The van der Waals surface area contributed by atoms with E-state index >= 15 is 0 Å². The molecule has 0 amide bonds. The Hall–Kier alpha value is -2.67. The highest BCUT2D eigenvalue weighted by atomic mass is 32.1. The van der Waals surface area contributed by atoms with Gasteiger partial charge in [0.25, 0.3) is 0 Å². The lowest BCUT2D eigenvalue weighted by Gasteiger charge is -2.22. The van der Waals surface area contributed by atoms with Gasteiger partial charge >= 0.3 is 0 Å². The van der Waals surface area contributed by atoms with Crippen molar-refractivity contribution in [2.24, 2.45) is 5.18 Å². The first-order valence-electron chi connectivity index (χ1n) is 9.16. The van der Waals surface area contributed by atoms with Crippen molar-refractivity contribution in [1.82, 2.24) is 15.0 Å². The molecule has 3 heterocycles. The standard InChI is InChI=1S/C20H21N5OS/c1-13-9-10-21-19(11-13)24-18-4-2-3-16(23-18)17-12-22-20(27-17)14-5-7-15(25-26)8-6-14/h2-4,9-12,14-15H,5-8H2,1H3,(H,21,23,24). The van der Waals surface area contributed by atoms with E-state index in [4.69, 9.17) is 4.98 Å². The molecule has 27 heavy (non-hydrogen) atoms. The van der Waals surface area contributed by atoms with E-state index in [2.05, 4.69) is 20.5 Å². The average Bonchev–Trinajstić information content (AvgIpc) is 3.19. The molecule has 0 radical (unpaired) electrons. The summed E-state index contributed by atoms with van der Waals surface area (Å²) in [6.45, 7) is 2.04. The topological polar surface area (TPSA) is 80.1 Å². The largest absolute Gasteiger partial charge is 0.325 e. The van der Waals surface area contributed by atoms with E-state index in [1.54, 1.807) is 17.5 Å². The van der Waals surface area contributed by atoms with Crippen LogP contribution in [0.2, 0.25) is 0 Å². The number of anilines is 2. The van der Waals surface area contributed by atoms with Crippen LogP contribution in [0.25, 0.3) is 10.6 Å². The van der Waals surface area contributed by atoms with Gasteiger partial charge in [0.2, 0.25) is 0 Å². The number of pyridine rings is 2. The number of aryl methyl sites for hydroxylation is 1. The predicted octanol–water partition coefficient (Wildman–Crippen LogP) is 5.44. The number of nitrogens with one attached hydrogen (secondary N) is 1. The number of rotatable bonds is 5. The summed E-state index contributed by atoms with van der Waals surface area (Å²) in [5, 5.41) is 7.58. The van der Waals surface area contributed by atoms with Crippen LogP contribution in [0, 0.1) is 11.8 Å². The molecule has 138 valence electrons. The van der Waals surface area contributed by atoms with Crippen molar-refractivity contribution < 1.29 is 0 Å². The zero-order valence-corrected chi connectivity index (χ0v) is 15.9. The minimum Gasteiger partial charge on any atom is -0.325 e. The molecule has 0 bridgehead atoms. The minimum absolute atomic E-state index is 0.0136. The van der Waals surface area contributed by atoms with Crippen LogP contribution >= 0.6 is 11.3 Å². The summed E-state index contributed by atoms with van der Waals surface area (Å²) in [4.78, 5) is 25.4. The summed E-state index contributed by atoms with van der Waals surface area (Å²) in [5.41, 5.74) is 2.05. The molecule has 4 rings (SSSR count). The number of aromatic nitrogens is 3. The molecule has 7 heteroatoms. The summed E-state index contributed by atoms with van der Waals surface area (Å²) in [5.74, 6) is 1.97. The molecule has 0 saturated heterocycles. The Morgan fingerprint density at radius 3 is 2.74 bits per heavy atom. The second kappa shape index (κ2) is 7.92. The van der Waals surface area contributed by atoms with Gasteiger partial charge in [-0.05, 0) is 62.4 Å². The van der Waals surface area contributed by atoms with Crippen LogP contribution in [0.4, 0.5) is 11.6 Å². The lowest BCUT2D eigenvalue weighted by atomic mass is 9.87. The Bertz CT molecular complexity index is 933. The van der Waals surface area contributed by atoms with Crippen LogP contribution in [0.3, 0.4) is 0 Å². The second-order valence-electron chi connectivity index (χ2n) is 6.93. The summed E-state index contributed by atoms with van der Waals surface area (Å²) >= 11 is 1.69. The van der Waals surface area contributed by atoms with Crippen molar-refractivity contribution in [1.29, 1.82) is 0 Å². The van der Waals surface area contributed by atoms with Gasteiger partial charge in [0.1, 0.15) is 11.6 Å². The highest BCUT2D eigenvalue weighted by Gasteiger charge is 2.25. The molecule has 1 N–H and O–H groups in total. The van der Waals surface area contributed by atoms with Crippen molar-refractivity contribution in [3.63, 3.8) is 0 Å². The van der Waals surface area contributed by atoms with E-state index in [0.717, 1.165) is 58.5 Å². The van der Waals surface area contributed by atoms with Crippen LogP contribution < -0.4 is 5.32 Å². The van der Waals surface area contributed by atoms with E-state index in [9.17, 15) is 4.91 Å². The van der Waals surface area contributed by atoms with E-state index in [1.807, 2.05) is 43.5 Å². The Labute approximate surface area is 162 Å². The first kappa shape index (κ1) is 17.7. The zero-order valence-electron chi connectivity index (χ0n) is 15.1. The normalized spacial score (nSPS) is 19.6. The summed E-state index contributed by atoms with van der Waals surface area (Å²) in [7, 11) is 0. The third-order valence-electron chi connectivity index (χ3n) is 4.89. The molecule has 1 aliphatic carbocycles. The van der Waals surface area contributed by atoms with Gasteiger partial charge in [0.15, 0.2) is 0 Å². The minimum atomic E-state index is -0.0136. The third kappa shape index (κ3) is 4.19. The lowest BCUT2D eigenvalue weighted by Crippen LogP contribution is -2.15. The molecule has 3 aromatic heterocycles. The average molecular weight is 379 g/mol. The summed E-state index contributed by atoms with van der Waals surface area (Å²) < 4.78 is 0. The Kier molecular flexibility index (Phi) is 5.20. The van der Waals surface area contributed by atoms with E-state index in [-0.39, 0.29) is 6.04 Å². The number of nitroso groups, excluding NO2 is 1. The van der Waals surface area contributed by atoms with Gasteiger partial charge in [-0.2, -0.15) is 4.91 Å². The van der Waals surface area contributed by atoms with Crippen LogP contribution in [0.1, 0.15) is 42.2 Å². The molecule has 6 nitrogen and oxygen atoms in total. The molecular formula is C20H21N5OS. The Morgan fingerprint density at radius 2 is 1.96 bits per heavy atom. The van der Waals surface area contributed by atoms with Crippen molar-refractivity contribution in [2.45, 2.75) is 44.6 Å². The molecule has 0 aromatic carbocycles. The number of hydrogen-bond donors (Lipinski definition) is 1. The van der Waals surface area contributed by atoms with Crippen molar-refractivity contribution in [2.75, 3.05) is 5.32 Å². The van der Waals surface area contributed by atoms with Gasteiger partial charge in [-0.15, -0.1) is 11.3 Å². The van der Waals surface area contributed by atoms with Crippen LogP contribution in [-0.2, 0) is 0 Å². The fourth-order valence-electron chi connectivity index (χ4n) is 3.40. The fourth-order valence-corrected chi connectivity index (χ4v) is 4.46. The molecule has 3 aromatic rings. The molecule has 0 spiro atoms. The third-order valence-corrected chi connectivity index (χ3v) is 6.07. The van der Waals surface area contributed by atoms with Gasteiger partial charge in [0.05, 0.1) is 21.6 Å². The van der Waals surface area contributed by atoms with Gasteiger partial charge in [-0.1, -0.05) is 11.2 Å². The maximum Gasteiger partial charge on any atom is 0.132 e. The fraction of sp³-hybridized carbons (Fsp3) is 0.350. The summed E-state index contributed by atoms with van der Waals surface area (Å²) in [6.07, 6.45) is 7.39. The first-order chi connectivity index (χ1) is 13.2. The molecule has 1 aliphatic rings. The summed E-state index contributed by atoms with van der Waals surface area (Å²) in [6, 6.07) is 9.86. The molecule has 0 aliphatic heterocycles. The van der Waals surface area contributed by atoms with Crippen molar-refractivity contribution in [3.05, 3.63) is 58.2 Å². The van der Waals surface area contributed by atoms with E-state index in [1.165, 1.54) is 0 Å². The van der Waals surface area contributed by atoms with Gasteiger partial charge in [0, 0.05) is 18.3 Å². The van der Waals surface area contributed by atoms with E-state index in [0.29, 0.717) is 5.92 Å². The molecule has 1 fully saturated rings. The van der Waals surface area contributed by atoms with Crippen LogP contribution in [0.5, 0.6) is 0 Å². The lowest BCUT2D eigenvalue weighted by molar-refractivity contribution is 0.394. The monoisotopic (exact) mass is 379 g/mol. The zero-order chi connectivity index (χ0) is 18.6. The second-order valence-corrected chi connectivity index (χ2v) is 7.99. The number of hydrogen-bond acceptors (Lipinski definition) is 7. The predicted molar refractivity (Wildman–Crippen MR) is 108 cm³/mol.